The molecule has 1 saturated heterocycles. The number of nitrogen functional groups attached to an aromatic ring is 1. The van der Waals surface area contributed by atoms with Crippen LogP contribution in [-0.4, -0.2) is 25.3 Å². The molecule has 0 radical (unpaired) electrons. The molecule has 1 unspecified atom stereocenters. The van der Waals surface area contributed by atoms with Crippen molar-refractivity contribution in [2.24, 2.45) is 0 Å². The van der Waals surface area contributed by atoms with E-state index in [1.165, 1.54) is 0 Å². The molecule has 0 saturated carbocycles. The van der Waals surface area contributed by atoms with E-state index in [0.717, 1.165) is 19.3 Å². The molecule has 1 aliphatic heterocycles. The van der Waals surface area contributed by atoms with Crippen LogP contribution in [0.2, 0.25) is 0 Å². The van der Waals surface area contributed by atoms with Crippen LogP contribution >= 0.6 is 15.9 Å². The van der Waals surface area contributed by atoms with Crippen LogP contribution in [-0.2, 0) is 10.0 Å². The fraction of sp³-hybridized carbons (Fsp3) is 0.500. The molecule has 2 rings (SSSR count). The molecule has 1 heterocycles. The van der Waals surface area contributed by atoms with Crippen molar-refractivity contribution in [3.05, 3.63) is 22.7 Å². The molecule has 4 nitrogen and oxygen atoms in total. The zero-order chi connectivity index (χ0) is 13.3. The maximum atomic E-state index is 12.5. The molecule has 0 amide bonds. The Morgan fingerprint density at radius 2 is 2.22 bits per heavy atom. The van der Waals surface area contributed by atoms with E-state index in [-0.39, 0.29) is 6.04 Å². The van der Waals surface area contributed by atoms with Gasteiger partial charge in [0.15, 0.2) is 0 Å². The standard InChI is InChI=1S/C12H17BrN2O2S/c1-2-9-4-3-7-15(9)18(16,17)10-5-6-12(14)11(13)8-10/h5-6,8-9H,2-4,7,14H2,1H3. The topological polar surface area (TPSA) is 63.4 Å². The number of anilines is 1. The van der Waals surface area contributed by atoms with Gasteiger partial charge in [-0.1, -0.05) is 6.92 Å². The van der Waals surface area contributed by atoms with Gasteiger partial charge < -0.3 is 5.73 Å². The Morgan fingerprint density at radius 1 is 1.50 bits per heavy atom. The summed E-state index contributed by atoms with van der Waals surface area (Å²) in [5.74, 6) is 0. The maximum Gasteiger partial charge on any atom is 0.243 e. The first-order valence-electron chi connectivity index (χ1n) is 6.03. The lowest BCUT2D eigenvalue weighted by molar-refractivity contribution is 0.379. The van der Waals surface area contributed by atoms with E-state index in [1.54, 1.807) is 22.5 Å². The fourth-order valence-electron chi connectivity index (χ4n) is 2.34. The normalized spacial score (nSPS) is 21.3. The van der Waals surface area contributed by atoms with Crippen molar-refractivity contribution in [3.8, 4) is 0 Å². The summed E-state index contributed by atoms with van der Waals surface area (Å²) in [6.07, 6.45) is 2.75. The van der Waals surface area contributed by atoms with Gasteiger partial charge in [0.05, 0.1) is 4.90 Å². The van der Waals surface area contributed by atoms with Gasteiger partial charge in [0.25, 0.3) is 0 Å². The molecule has 1 aliphatic rings. The zero-order valence-corrected chi connectivity index (χ0v) is 12.7. The van der Waals surface area contributed by atoms with Crippen molar-refractivity contribution in [1.82, 2.24) is 4.31 Å². The Morgan fingerprint density at radius 3 is 2.83 bits per heavy atom. The van der Waals surface area contributed by atoms with Gasteiger partial charge in [-0.05, 0) is 53.4 Å². The molecule has 6 heteroatoms. The summed E-state index contributed by atoms with van der Waals surface area (Å²) in [5.41, 5.74) is 6.23. The van der Waals surface area contributed by atoms with Gasteiger partial charge in [0.1, 0.15) is 0 Å². The molecule has 1 atom stereocenters. The van der Waals surface area contributed by atoms with Crippen LogP contribution in [0.1, 0.15) is 26.2 Å². The number of rotatable bonds is 3. The average Bonchev–Trinajstić information content (AvgIpc) is 2.81. The summed E-state index contributed by atoms with van der Waals surface area (Å²) >= 11 is 3.27. The fourth-order valence-corrected chi connectivity index (χ4v) is 4.66. The van der Waals surface area contributed by atoms with Crippen molar-refractivity contribution < 1.29 is 8.42 Å². The van der Waals surface area contributed by atoms with E-state index in [4.69, 9.17) is 5.73 Å². The Kier molecular flexibility index (Phi) is 3.99. The lowest BCUT2D eigenvalue weighted by Crippen LogP contribution is -2.35. The molecule has 100 valence electrons. The smallest absolute Gasteiger partial charge is 0.243 e. The summed E-state index contributed by atoms with van der Waals surface area (Å²) in [6.45, 7) is 2.64. The third-order valence-electron chi connectivity index (χ3n) is 3.37. The van der Waals surface area contributed by atoms with Crippen LogP contribution in [0.25, 0.3) is 0 Å². The lowest BCUT2D eigenvalue weighted by Gasteiger charge is -2.23. The predicted octanol–water partition coefficient (Wildman–Crippen LogP) is 2.59. The number of halogens is 1. The average molecular weight is 333 g/mol. The molecule has 0 bridgehead atoms. The second-order valence-corrected chi connectivity index (χ2v) is 7.25. The minimum absolute atomic E-state index is 0.131. The first-order chi connectivity index (χ1) is 8.46. The van der Waals surface area contributed by atoms with E-state index in [0.29, 0.717) is 21.6 Å². The van der Waals surface area contributed by atoms with Crippen LogP contribution < -0.4 is 5.73 Å². The minimum atomic E-state index is -3.39. The Hall–Kier alpha value is -0.590. The van der Waals surface area contributed by atoms with E-state index < -0.39 is 10.0 Å². The minimum Gasteiger partial charge on any atom is -0.398 e. The van der Waals surface area contributed by atoms with Crippen molar-refractivity contribution in [3.63, 3.8) is 0 Å². The molecular weight excluding hydrogens is 316 g/mol. The first-order valence-corrected chi connectivity index (χ1v) is 8.27. The van der Waals surface area contributed by atoms with Crippen LogP contribution in [0.4, 0.5) is 5.69 Å². The van der Waals surface area contributed by atoms with Crippen LogP contribution in [0.5, 0.6) is 0 Å². The highest BCUT2D eigenvalue weighted by Crippen LogP contribution is 2.30. The summed E-state index contributed by atoms with van der Waals surface area (Å²) in [5, 5.41) is 0. The summed E-state index contributed by atoms with van der Waals surface area (Å²) in [4.78, 5) is 0.309. The first kappa shape index (κ1) is 13.8. The Labute approximate surface area is 116 Å². The number of sulfonamides is 1. The molecular formula is C12H17BrN2O2S. The van der Waals surface area contributed by atoms with E-state index in [9.17, 15) is 8.42 Å². The molecule has 1 aromatic rings. The molecule has 2 N–H and O–H groups in total. The van der Waals surface area contributed by atoms with E-state index in [2.05, 4.69) is 15.9 Å². The highest BCUT2D eigenvalue weighted by molar-refractivity contribution is 9.10. The maximum absolute atomic E-state index is 12.5. The predicted molar refractivity (Wildman–Crippen MR) is 75.8 cm³/mol. The van der Waals surface area contributed by atoms with Gasteiger partial charge in [-0.15, -0.1) is 0 Å². The van der Waals surface area contributed by atoms with Gasteiger partial charge in [0.2, 0.25) is 10.0 Å². The SMILES string of the molecule is CCC1CCCN1S(=O)(=O)c1ccc(N)c(Br)c1. The largest absolute Gasteiger partial charge is 0.398 e. The van der Waals surface area contributed by atoms with Crippen molar-refractivity contribution in [1.29, 1.82) is 0 Å². The summed E-state index contributed by atoms with van der Waals surface area (Å²) in [7, 11) is -3.39. The number of nitrogens with zero attached hydrogens (tertiary/aromatic N) is 1. The third-order valence-corrected chi connectivity index (χ3v) is 6.01. The van der Waals surface area contributed by atoms with Gasteiger partial charge in [-0.2, -0.15) is 4.31 Å². The van der Waals surface area contributed by atoms with E-state index >= 15 is 0 Å². The highest BCUT2D eigenvalue weighted by Gasteiger charge is 2.34. The Balaban J connectivity index is 2.38. The third kappa shape index (κ3) is 2.41. The van der Waals surface area contributed by atoms with Crippen LogP contribution in [0.15, 0.2) is 27.6 Å². The molecule has 0 spiro atoms. The van der Waals surface area contributed by atoms with Gasteiger partial charge in [-0.3, -0.25) is 0 Å². The van der Waals surface area contributed by atoms with Crippen LogP contribution in [0.3, 0.4) is 0 Å². The molecule has 0 aromatic heterocycles. The van der Waals surface area contributed by atoms with Crippen molar-refractivity contribution >= 4 is 31.6 Å². The monoisotopic (exact) mass is 332 g/mol. The van der Waals surface area contributed by atoms with Gasteiger partial charge >= 0.3 is 0 Å². The van der Waals surface area contributed by atoms with Crippen molar-refractivity contribution in [2.75, 3.05) is 12.3 Å². The number of hydrogen-bond donors (Lipinski definition) is 1. The number of hydrogen-bond acceptors (Lipinski definition) is 3. The van der Waals surface area contributed by atoms with Crippen molar-refractivity contribution in [2.45, 2.75) is 37.1 Å². The highest BCUT2D eigenvalue weighted by atomic mass is 79.9. The molecule has 0 aliphatic carbocycles. The lowest BCUT2D eigenvalue weighted by atomic mass is 10.2. The molecule has 18 heavy (non-hydrogen) atoms. The quantitative estimate of drug-likeness (QED) is 0.865. The number of nitrogens with two attached hydrogens (primary N) is 1. The van der Waals surface area contributed by atoms with Crippen LogP contribution in [0, 0.1) is 0 Å². The number of benzene rings is 1. The van der Waals surface area contributed by atoms with Gasteiger partial charge in [-0.25, -0.2) is 8.42 Å². The second kappa shape index (κ2) is 5.19. The molecule has 1 fully saturated rings. The summed E-state index contributed by atoms with van der Waals surface area (Å²) in [6, 6.07) is 4.90. The molecule has 1 aromatic carbocycles. The Bertz CT molecular complexity index is 545. The zero-order valence-electron chi connectivity index (χ0n) is 10.3. The van der Waals surface area contributed by atoms with Gasteiger partial charge in [0, 0.05) is 22.7 Å². The van der Waals surface area contributed by atoms with E-state index in [1.807, 2.05) is 6.92 Å². The summed E-state index contributed by atoms with van der Waals surface area (Å²) < 4.78 is 27.3. The second-order valence-electron chi connectivity index (χ2n) is 4.50.